The number of aryl methyl sites for hydroxylation is 2. The Labute approximate surface area is 155 Å². The van der Waals surface area contributed by atoms with Gasteiger partial charge in [-0.2, -0.15) is 4.52 Å². The first-order valence-corrected chi connectivity index (χ1v) is 9.30. The second-order valence-electron chi connectivity index (χ2n) is 6.08. The molecule has 1 atom stereocenters. The van der Waals surface area contributed by atoms with Crippen LogP contribution in [0.25, 0.3) is 4.96 Å². The lowest BCUT2D eigenvalue weighted by Crippen LogP contribution is -2.38. The molecule has 0 radical (unpaired) electrons. The molecule has 7 nitrogen and oxygen atoms in total. The van der Waals surface area contributed by atoms with E-state index in [0.29, 0.717) is 22.3 Å². The van der Waals surface area contributed by atoms with E-state index in [1.54, 1.807) is 13.8 Å². The maximum absolute atomic E-state index is 12.2. The molecule has 3 aromatic rings. The van der Waals surface area contributed by atoms with Gasteiger partial charge in [0.15, 0.2) is 0 Å². The Hall–Kier alpha value is -2.74. The SMILES string of the molecule is Cc1cc(=O)n2nc(N[C@H](C)C(=O)NCCCc3ccccc3)sc2n1. The van der Waals surface area contributed by atoms with Gasteiger partial charge in [0.2, 0.25) is 16.0 Å². The summed E-state index contributed by atoms with van der Waals surface area (Å²) in [6.07, 6.45) is 1.80. The van der Waals surface area contributed by atoms with Crippen LogP contribution in [0.3, 0.4) is 0 Å². The van der Waals surface area contributed by atoms with Crippen LogP contribution in [0.15, 0.2) is 41.2 Å². The van der Waals surface area contributed by atoms with Gasteiger partial charge in [0.25, 0.3) is 5.56 Å². The minimum atomic E-state index is -0.455. The summed E-state index contributed by atoms with van der Waals surface area (Å²) in [5, 5.41) is 10.6. The highest BCUT2D eigenvalue weighted by Crippen LogP contribution is 2.17. The lowest BCUT2D eigenvalue weighted by Gasteiger charge is -2.12. The van der Waals surface area contributed by atoms with E-state index in [0.717, 1.165) is 12.8 Å². The van der Waals surface area contributed by atoms with Gasteiger partial charge in [-0.05, 0) is 32.3 Å². The van der Waals surface area contributed by atoms with Crippen molar-refractivity contribution in [1.82, 2.24) is 19.9 Å². The third kappa shape index (κ3) is 4.45. The third-order valence-electron chi connectivity index (χ3n) is 3.89. The van der Waals surface area contributed by atoms with E-state index >= 15 is 0 Å². The molecule has 0 bridgehead atoms. The molecular weight excluding hydrogens is 350 g/mol. The van der Waals surface area contributed by atoms with Crippen LogP contribution >= 0.6 is 11.3 Å². The lowest BCUT2D eigenvalue weighted by atomic mass is 10.1. The second-order valence-corrected chi connectivity index (χ2v) is 7.04. The van der Waals surface area contributed by atoms with Crippen LogP contribution in [-0.4, -0.2) is 33.1 Å². The highest BCUT2D eigenvalue weighted by Gasteiger charge is 2.15. The maximum Gasteiger partial charge on any atom is 0.275 e. The molecule has 136 valence electrons. The van der Waals surface area contributed by atoms with Crippen molar-refractivity contribution in [3.8, 4) is 0 Å². The number of nitrogens with zero attached hydrogens (tertiary/aromatic N) is 3. The number of benzene rings is 1. The molecule has 2 aromatic heterocycles. The highest BCUT2D eigenvalue weighted by molar-refractivity contribution is 7.20. The van der Waals surface area contributed by atoms with Crippen molar-refractivity contribution in [2.75, 3.05) is 11.9 Å². The van der Waals surface area contributed by atoms with E-state index in [9.17, 15) is 9.59 Å². The van der Waals surface area contributed by atoms with Crippen LogP contribution in [0.1, 0.15) is 24.6 Å². The normalized spacial score (nSPS) is 12.1. The van der Waals surface area contributed by atoms with Gasteiger partial charge in [0, 0.05) is 18.3 Å². The number of hydrogen-bond acceptors (Lipinski definition) is 6. The number of fused-ring (bicyclic) bond motifs is 1. The Bertz CT molecular complexity index is 951. The number of amides is 1. The van der Waals surface area contributed by atoms with Crippen LogP contribution in [0.5, 0.6) is 0 Å². The van der Waals surface area contributed by atoms with Gasteiger partial charge < -0.3 is 10.6 Å². The first-order valence-electron chi connectivity index (χ1n) is 8.48. The molecule has 1 amide bonds. The molecule has 0 aliphatic carbocycles. The summed E-state index contributed by atoms with van der Waals surface area (Å²) in [4.78, 5) is 28.9. The predicted molar refractivity (Wildman–Crippen MR) is 103 cm³/mol. The molecule has 3 rings (SSSR count). The standard InChI is InChI=1S/C18H21N5O2S/c1-12-11-15(24)23-18(20-12)26-17(22-23)21-13(2)16(25)19-10-6-9-14-7-4-3-5-8-14/h3-5,7-8,11,13H,6,9-10H2,1-2H3,(H,19,25)(H,21,22)/t13-/m1/s1. The van der Waals surface area contributed by atoms with Crippen LogP contribution in [-0.2, 0) is 11.2 Å². The van der Waals surface area contributed by atoms with Gasteiger partial charge >= 0.3 is 0 Å². The summed E-state index contributed by atoms with van der Waals surface area (Å²) in [5.74, 6) is -0.103. The molecule has 0 saturated carbocycles. The Morgan fingerprint density at radius 3 is 2.85 bits per heavy atom. The average Bonchev–Trinajstić information content (AvgIpc) is 3.02. The van der Waals surface area contributed by atoms with Gasteiger partial charge in [0.05, 0.1) is 0 Å². The number of rotatable bonds is 7. The molecule has 26 heavy (non-hydrogen) atoms. The van der Waals surface area contributed by atoms with Crippen LogP contribution in [0, 0.1) is 6.92 Å². The van der Waals surface area contributed by atoms with E-state index in [4.69, 9.17) is 0 Å². The Morgan fingerprint density at radius 2 is 2.08 bits per heavy atom. The predicted octanol–water partition coefficient (Wildman–Crippen LogP) is 2.01. The summed E-state index contributed by atoms with van der Waals surface area (Å²) in [6, 6.07) is 11.2. The summed E-state index contributed by atoms with van der Waals surface area (Å²) in [6.45, 7) is 4.14. The van der Waals surface area contributed by atoms with E-state index in [-0.39, 0.29) is 11.5 Å². The summed E-state index contributed by atoms with van der Waals surface area (Å²) in [5.41, 5.74) is 1.68. The van der Waals surface area contributed by atoms with Gasteiger partial charge in [-0.15, -0.1) is 5.10 Å². The summed E-state index contributed by atoms with van der Waals surface area (Å²) < 4.78 is 1.24. The Morgan fingerprint density at radius 1 is 1.31 bits per heavy atom. The van der Waals surface area contributed by atoms with E-state index < -0.39 is 6.04 Å². The minimum Gasteiger partial charge on any atom is -0.354 e. The quantitative estimate of drug-likeness (QED) is 0.620. The molecule has 0 unspecified atom stereocenters. The van der Waals surface area contributed by atoms with Gasteiger partial charge in [-0.25, -0.2) is 4.98 Å². The Kier molecular flexibility index (Phi) is 5.62. The lowest BCUT2D eigenvalue weighted by molar-refractivity contribution is -0.121. The van der Waals surface area contributed by atoms with Crippen LogP contribution in [0.4, 0.5) is 5.13 Å². The fourth-order valence-electron chi connectivity index (χ4n) is 2.53. The van der Waals surface area contributed by atoms with E-state index in [1.165, 1.54) is 27.5 Å². The molecular formula is C18H21N5O2S. The number of anilines is 1. The highest BCUT2D eigenvalue weighted by atomic mass is 32.1. The third-order valence-corrected chi connectivity index (χ3v) is 4.73. The van der Waals surface area contributed by atoms with Crippen molar-refractivity contribution in [2.24, 2.45) is 0 Å². The monoisotopic (exact) mass is 371 g/mol. The van der Waals surface area contributed by atoms with Gasteiger partial charge in [0.1, 0.15) is 6.04 Å². The van der Waals surface area contributed by atoms with Crippen molar-refractivity contribution >= 4 is 27.3 Å². The van der Waals surface area contributed by atoms with Crippen molar-refractivity contribution < 1.29 is 4.79 Å². The first-order chi connectivity index (χ1) is 12.5. The number of carbonyl (C=O) groups is 1. The molecule has 0 aliphatic rings. The van der Waals surface area contributed by atoms with E-state index in [1.807, 2.05) is 18.2 Å². The zero-order valence-corrected chi connectivity index (χ0v) is 15.5. The molecule has 2 N–H and O–H groups in total. The second kappa shape index (κ2) is 8.09. The molecule has 0 aliphatic heterocycles. The Balaban J connectivity index is 1.51. The van der Waals surface area contributed by atoms with Gasteiger partial charge in [-0.1, -0.05) is 41.7 Å². The molecule has 0 spiro atoms. The molecule has 8 heteroatoms. The first kappa shape index (κ1) is 18.1. The van der Waals surface area contributed by atoms with Crippen molar-refractivity contribution in [3.63, 3.8) is 0 Å². The molecule has 0 saturated heterocycles. The topological polar surface area (TPSA) is 88.4 Å². The number of aromatic nitrogens is 3. The van der Waals surface area contributed by atoms with E-state index in [2.05, 4.69) is 32.8 Å². The number of hydrogen-bond donors (Lipinski definition) is 2. The zero-order valence-electron chi connectivity index (χ0n) is 14.7. The zero-order chi connectivity index (χ0) is 18.5. The molecule has 1 aromatic carbocycles. The summed E-state index contributed by atoms with van der Waals surface area (Å²) in [7, 11) is 0. The fraction of sp³-hybridized carbons (Fsp3) is 0.333. The number of carbonyl (C=O) groups excluding carboxylic acids is 1. The minimum absolute atomic E-state index is 0.103. The van der Waals surface area contributed by atoms with Crippen LogP contribution in [0.2, 0.25) is 0 Å². The summed E-state index contributed by atoms with van der Waals surface area (Å²) >= 11 is 1.25. The maximum atomic E-state index is 12.2. The van der Waals surface area contributed by atoms with Crippen molar-refractivity contribution in [3.05, 3.63) is 58.0 Å². The smallest absolute Gasteiger partial charge is 0.275 e. The molecule has 0 fully saturated rings. The van der Waals surface area contributed by atoms with Crippen molar-refractivity contribution in [1.29, 1.82) is 0 Å². The fourth-order valence-corrected chi connectivity index (χ4v) is 3.47. The number of nitrogens with one attached hydrogen (secondary N) is 2. The average molecular weight is 371 g/mol. The van der Waals surface area contributed by atoms with Crippen molar-refractivity contribution in [2.45, 2.75) is 32.7 Å². The largest absolute Gasteiger partial charge is 0.354 e. The van der Waals surface area contributed by atoms with Gasteiger partial charge in [-0.3, -0.25) is 9.59 Å². The van der Waals surface area contributed by atoms with Crippen LogP contribution < -0.4 is 16.2 Å². The molecule has 2 heterocycles.